The van der Waals surface area contributed by atoms with E-state index >= 15 is 0 Å². The van der Waals surface area contributed by atoms with Gasteiger partial charge in [0.1, 0.15) is 0 Å². The molecule has 2 nitrogen and oxygen atoms in total. The van der Waals surface area contributed by atoms with Gasteiger partial charge in [-0.2, -0.15) is 0 Å². The van der Waals surface area contributed by atoms with Crippen LogP contribution in [-0.4, -0.2) is 12.0 Å². The fraction of sp³-hybridized carbons (Fsp3) is 0.167. The Morgan fingerprint density at radius 2 is 2.07 bits per heavy atom. The third kappa shape index (κ3) is 2.66. The molecule has 0 heterocycles. The third-order valence-corrected chi connectivity index (χ3v) is 1.93. The highest BCUT2D eigenvalue weighted by Gasteiger charge is 1.96. The van der Waals surface area contributed by atoms with Crippen LogP contribution in [0.5, 0.6) is 0 Å². The molecule has 0 unspecified atom stereocenters. The summed E-state index contributed by atoms with van der Waals surface area (Å²) in [5.41, 5.74) is 2.38. The smallest absolute Gasteiger partial charge is 0.160 e. The van der Waals surface area contributed by atoms with Gasteiger partial charge in [-0.3, -0.25) is 9.79 Å². The lowest BCUT2D eigenvalue weighted by Crippen LogP contribution is -1.94. The van der Waals surface area contributed by atoms with Crippen molar-refractivity contribution in [2.75, 3.05) is 0 Å². The van der Waals surface area contributed by atoms with Crippen LogP contribution in [0.25, 0.3) is 0 Å². The van der Waals surface area contributed by atoms with Gasteiger partial charge in [-0.05, 0) is 25.5 Å². The van der Waals surface area contributed by atoms with Crippen molar-refractivity contribution in [3.63, 3.8) is 0 Å². The number of ketones is 1. The summed E-state index contributed by atoms with van der Waals surface area (Å²) in [5.74, 6) is -0.0534. The van der Waals surface area contributed by atoms with Crippen molar-refractivity contribution in [3.05, 3.63) is 42.0 Å². The highest BCUT2D eigenvalue weighted by molar-refractivity contribution is 6.11. The molecule has 0 aliphatic carbocycles. The van der Waals surface area contributed by atoms with Crippen LogP contribution in [-0.2, 0) is 4.79 Å². The van der Waals surface area contributed by atoms with Crippen LogP contribution < -0.4 is 0 Å². The summed E-state index contributed by atoms with van der Waals surface area (Å²) in [6, 6.07) is 7.74. The van der Waals surface area contributed by atoms with Gasteiger partial charge < -0.3 is 0 Å². The maximum Gasteiger partial charge on any atom is 0.160 e. The van der Waals surface area contributed by atoms with E-state index in [2.05, 4.69) is 11.6 Å². The van der Waals surface area contributed by atoms with Crippen molar-refractivity contribution in [2.24, 2.45) is 4.99 Å². The van der Waals surface area contributed by atoms with Gasteiger partial charge in [-0.15, -0.1) is 0 Å². The normalized spacial score (nSPS) is 10.4. The molecule has 14 heavy (non-hydrogen) atoms. The summed E-state index contributed by atoms with van der Waals surface area (Å²) in [5, 5.41) is 0. The second kappa shape index (κ2) is 4.51. The Morgan fingerprint density at radius 3 is 2.64 bits per heavy atom. The lowest BCUT2D eigenvalue weighted by Gasteiger charge is -1.97. The number of Topliss-reactive ketones (excluding diaryl/α,β-unsaturated/α-hetero) is 1. The van der Waals surface area contributed by atoms with Crippen LogP contribution in [0.4, 0.5) is 5.69 Å². The molecular weight excluding hydrogens is 174 g/mol. The number of carbonyl (C=O) groups is 1. The van der Waals surface area contributed by atoms with E-state index in [1.54, 1.807) is 0 Å². The first-order valence-electron chi connectivity index (χ1n) is 4.41. The number of para-hydroxylation sites is 1. The molecule has 0 saturated carbocycles. The largest absolute Gasteiger partial charge is 0.294 e. The minimum Gasteiger partial charge on any atom is -0.294 e. The van der Waals surface area contributed by atoms with Crippen molar-refractivity contribution in [1.29, 1.82) is 0 Å². The summed E-state index contributed by atoms with van der Waals surface area (Å²) in [7, 11) is 0. The number of benzene rings is 1. The Morgan fingerprint density at radius 1 is 1.43 bits per heavy atom. The van der Waals surface area contributed by atoms with E-state index in [4.69, 9.17) is 0 Å². The SMILES string of the molecule is C=C(C=Nc1ccccc1C)C(C)=O. The molecule has 1 aromatic rings. The average molecular weight is 187 g/mol. The van der Waals surface area contributed by atoms with Crippen LogP contribution in [0.1, 0.15) is 12.5 Å². The minimum atomic E-state index is -0.0534. The van der Waals surface area contributed by atoms with E-state index in [1.807, 2.05) is 31.2 Å². The fourth-order valence-corrected chi connectivity index (χ4v) is 0.947. The number of aryl methyl sites for hydroxylation is 1. The Balaban J connectivity index is 2.84. The molecule has 72 valence electrons. The summed E-state index contributed by atoms with van der Waals surface area (Å²) in [4.78, 5) is 15.0. The van der Waals surface area contributed by atoms with Crippen LogP contribution in [0.3, 0.4) is 0 Å². The Bertz CT molecular complexity index is 391. The predicted octanol–water partition coefficient (Wildman–Crippen LogP) is 2.84. The highest BCUT2D eigenvalue weighted by atomic mass is 16.1. The van der Waals surface area contributed by atoms with Crippen molar-refractivity contribution in [3.8, 4) is 0 Å². The molecule has 0 bridgehead atoms. The number of hydrogen-bond acceptors (Lipinski definition) is 2. The van der Waals surface area contributed by atoms with Gasteiger partial charge >= 0.3 is 0 Å². The first-order chi connectivity index (χ1) is 6.61. The molecule has 0 spiro atoms. The van der Waals surface area contributed by atoms with Crippen LogP contribution >= 0.6 is 0 Å². The molecule has 1 aromatic carbocycles. The van der Waals surface area contributed by atoms with E-state index < -0.39 is 0 Å². The zero-order chi connectivity index (χ0) is 10.6. The molecule has 1 rings (SSSR count). The Hall–Kier alpha value is -1.70. The summed E-state index contributed by atoms with van der Waals surface area (Å²) >= 11 is 0. The molecule has 2 heteroatoms. The van der Waals surface area contributed by atoms with Crippen molar-refractivity contribution < 1.29 is 4.79 Å². The number of aliphatic imine (C=N–C) groups is 1. The monoisotopic (exact) mass is 187 g/mol. The summed E-state index contributed by atoms with van der Waals surface area (Å²) in [6.45, 7) is 7.05. The summed E-state index contributed by atoms with van der Waals surface area (Å²) in [6.07, 6.45) is 1.50. The number of carbonyl (C=O) groups excluding carboxylic acids is 1. The van der Waals surface area contributed by atoms with Crippen LogP contribution in [0, 0.1) is 6.92 Å². The van der Waals surface area contributed by atoms with E-state index in [9.17, 15) is 4.79 Å². The van der Waals surface area contributed by atoms with Gasteiger partial charge in [0.05, 0.1) is 5.69 Å². The van der Waals surface area contributed by atoms with Crippen molar-refractivity contribution in [2.45, 2.75) is 13.8 Å². The van der Waals surface area contributed by atoms with E-state index in [-0.39, 0.29) is 5.78 Å². The number of allylic oxidation sites excluding steroid dienone is 1. The van der Waals surface area contributed by atoms with Gasteiger partial charge in [0.15, 0.2) is 5.78 Å². The minimum absolute atomic E-state index is 0.0534. The Labute approximate surface area is 84.0 Å². The molecule has 0 saturated heterocycles. The lowest BCUT2D eigenvalue weighted by atomic mass is 10.2. The molecule has 0 aliphatic rings. The van der Waals surface area contributed by atoms with Crippen molar-refractivity contribution in [1.82, 2.24) is 0 Å². The zero-order valence-electron chi connectivity index (χ0n) is 8.45. The standard InChI is InChI=1S/C12H13NO/c1-9-6-4-5-7-12(9)13-8-10(2)11(3)14/h4-8H,2H2,1,3H3. The van der Waals surface area contributed by atoms with Crippen LogP contribution in [0.2, 0.25) is 0 Å². The van der Waals surface area contributed by atoms with Gasteiger partial charge in [-0.1, -0.05) is 24.8 Å². The van der Waals surface area contributed by atoms with Gasteiger partial charge in [0.25, 0.3) is 0 Å². The highest BCUT2D eigenvalue weighted by Crippen LogP contribution is 2.16. The molecule has 0 radical (unpaired) electrons. The predicted molar refractivity (Wildman–Crippen MR) is 59.2 cm³/mol. The fourth-order valence-electron chi connectivity index (χ4n) is 0.947. The molecule has 0 fully saturated rings. The second-order valence-electron chi connectivity index (χ2n) is 3.13. The third-order valence-electron chi connectivity index (χ3n) is 1.93. The van der Waals surface area contributed by atoms with Crippen LogP contribution in [0.15, 0.2) is 41.4 Å². The lowest BCUT2D eigenvalue weighted by molar-refractivity contribution is -0.113. The number of nitrogens with zero attached hydrogens (tertiary/aromatic N) is 1. The average Bonchev–Trinajstić information content (AvgIpc) is 2.16. The van der Waals surface area contributed by atoms with Gasteiger partial charge in [-0.25, -0.2) is 0 Å². The Kier molecular flexibility index (Phi) is 3.35. The molecule has 0 amide bonds. The van der Waals surface area contributed by atoms with E-state index in [0.717, 1.165) is 11.3 Å². The van der Waals surface area contributed by atoms with Gasteiger partial charge in [0.2, 0.25) is 0 Å². The van der Waals surface area contributed by atoms with Gasteiger partial charge in [0, 0.05) is 11.8 Å². The number of hydrogen-bond donors (Lipinski definition) is 0. The quantitative estimate of drug-likeness (QED) is 0.528. The first kappa shape index (κ1) is 10.4. The second-order valence-corrected chi connectivity index (χ2v) is 3.13. The first-order valence-corrected chi connectivity index (χ1v) is 4.41. The maximum absolute atomic E-state index is 10.9. The summed E-state index contributed by atoms with van der Waals surface area (Å²) < 4.78 is 0. The molecular formula is C12H13NO. The zero-order valence-corrected chi connectivity index (χ0v) is 8.45. The number of rotatable bonds is 3. The van der Waals surface area contributed by atoms with E-state index in [0.29, 0.717) is 5.57 Å². The van der Waals surface area contributed by atoms with Crippen molar-refractivity contribution >= 4 is 17.7 Å². The topological polar surface area (TPSA) is 29.4 Å². The van der Waals surface area contributed by atoms with E-state index in [1.165, 1.54) is 13.1 Å². The molecule has 0 atom stereocenters. The molecule has 0 N–H and O–H groups in total. The molecule has 0 aliphatic heterocycles. The molecule has 0 aromatic heterocycles. The maximum atomic E-state index is 10.9.